The average molecular weight is 309 g/mol. The molecule has 2 heterocycles. The highest BCUT2D eigenvalue weighted by molar-refractivity contribution is 5.53. The molecule has 1 aliphatic rings. The maximum atomic E-state index is 10.4. The topological polar surface area (TPSA) is 50.4 Å². The molecule has 0 unspecified atom stereocenters. The van der Waals surface area contributed by atoms with E-state index in [0.29, 0.717) is 0 Å². The molecule has 4 heteroatoms. The highest BCUT2D eigenvalue weighted by Gasteiger charge is 2.49. The van der Waals surface area contributed by atoms with Crippen LogP contribution < -0.4 is 0 Å². The molecule has 0 spiro atoms. The number of aromatic nitrogens is 3. The van der Waals surface area contributed by atoms with Gasteiger partial charge in [-0.2, -0.15) is 0 Å². The summed E-state index contributed by atoms with van der Waals surface area (Å²) < 4.78 is 2.04. The zero-order chi connectivity index (χ0) is 16.2. The SMILES string of the molecule is Cc1ccc(C2(c3nnc4c([14C](C)(C)O)cccn34)CC2)cc1. The summed E-state index contributed by atoms with van der Waals surface area (Å²) in [5.74, 6) is 0.974. The van der Waals surface area contributed by atoms with Gasteiger partial charge in [-0.25, -0.2) is 0 Å². The molecule has 0 saturated heterocycles. The van der Waals surface area contributed by atoms with Crippen molar-refractivity contribution in [2.75, 3.05) is 0 Å². The molecule has 4 rings (SSSR count). The van der Waals surface area contributed by atoms with Crippen LogP contribution in [-0.4, -0.2) is 19.7 Å². The Morgan fingerprint density at radius 1 is 1.09 bits per heavy atom. The van der Waals surface area contributed by atoms with E-state index in [2.05, 4.69) is 41.4 Å². The lowest BCUT2D eigenvalue weighted by Gasteiger charge is -2.19. The molecule has 1 fully saturated rings. The lowest BCUT2D eigenvalue weighted by atomic mass is 9.94. The van der Waals surface area contributed by atoms with Crippen LogP contribution in [-0.2, 0) is 11.0 Å². The Morgan fingerprint density at radius 3 is 2.39 bits per heavy atom. The molecular weight excluding hydrogens is 288 g/mol. The summed E-state index contributed by atoms with van der Waals surface area (Å²) in [5.41, 5.74) is 3.14. The Bertz CT molecular complexity index is 868. The van der Waals surface area contributed by atoms with Crippen LogP contribution in [0, 0.1) is 6.92 Å². The lowest BCUT2D eigenvalue weighted by molar-refractivity contribution is 0.0796. The molecule has 23 heavy (non-hydrogen) atoms. The summed E-state index contributed by atoms with van der Waals surface area (Å²) in [6.07, 6.45) is 4.17. The van der Waals surface area contributed by atoms with Crippen molar-refractivity contribution in [3.8, 4) is 0 Å². The summed E-state index contributed by atoms with van der Waals surface area (Å²) >= 11 is 0. The highest BCUT2D eigenvalue weighted by atomic mass is 16.5. The molecule has 0 amide bonds. The molecular formula is C19H21N3O. The van der Waals surface area contributed by atoms with E-state index in [4.69, 9.17) is 0 Å². The molecule has 0 atom stereocenters. The predicted octanol–water partition coefficient (Wildman–Crippen LogP) is 3.35. The van der Waals surface area contributed by atoms with Gasteiger partial charge in [0.05, 0.1) is 11.0 Å². The summed E-state index contributed by atoms with van der Waals surface area (Å²) in [4.78, 5) is 0. The largest absolute Gasteiger partial charge is 0.386 e. The number of nitrogens with zero attached hydrogens (tertiary/aromatic N) is 3. The average Bonchev–Trinajstić information content (AvgIpc) is 3.19. The fourth-order valence-electron chi connectivity index (χ4n) is 3.36. The van der Waals surface area contributed by atoms with Crippen molar-refractivity contribution in [3.63, 3.8) is 0 Å². The van der Waals surface area contributed by atoms with E-state index in [-0.39, 0.29) is 5.41 Å². The first-order valence-corrected chi connectivity index (χ1v) is 8.06. The van der Waals surface area contributed by atoms with E-state index >= 15 is 0 Å². The van der Waals surface area contributed by atoms with Gasteiger partial charge in [0, 0.05) is 11.8 Å². The number of aliphatic hydroxyl groups is 1. The van der Waals surface area contributed by atoms with Crippen molar-refractivity contribution < 1.29 is 5.11 Å². The van der Waals surface area contributed by atoms with Gasteiger partial charge in [0.15, 0.2) is 5.65 Å². The Balaban J connectivity index is 1.89. The summed E-state index contributed by atoms with van der Waals surface area (Å²) in [6.45, 7) is 5.67. The first kappa shape index (κ1) is 14.4. The van der Waals surface area contributed by atoms with Gasteiger partial charge >= 0.3 is 0 Å². The first-order valence-electron chi connectivity index (χ1n) is 8.06. The molecule has 0 aliphatic heterocycles. The molecule has 1 aromatic carbocycles. The van der Waals surface area contributed by atoms with Crippen LogP contribution in [0.25, 0.3) is 5.65 Å². The minimum absolute atomic E-state index is 0.0364. The van der Waals surface area contributed by atoms with E-state index in [0.717, 1.165) is 29.9 Å². The molecule has 118 valence electrons. The van der Waals surface area contributed by atoms with Gasteiger partial charge in [0.25, 0.3) is 0 Å². The zero-order valence-corrected chi connectivity index (χ0v) is 13.7. The number of rotatable bonds is 3. The van der Waals surface area contributed by atoms with Crippen molar-refractivity contribution in [3.05, 3.63) is 65.1 Å². The van der Waals surface area contributed by atoms with E-state index in [1.165, 1.54) is 11.1 Å². The third-order valence-corrected chi connectivity index (χ3v) is 4.88. The van der Waals surface area contributed by atoms with Crippen LogP contribution in [0.4, 0.5) is 0 Å². The number of hydrogen-bond acceptors (Lipinski definition) is 3. The van der Waals surface area contributed by atoms with Crippen molar-refractivity contribution in [1.82, 2.24) is 14.6 Å². The molecule has 2 aromatic heterocycles. The van der Waals surface area contributed by atoms with Gasteiger partial charge in [0.2, 0.25) is 0 Å². The van der Waals surface area contributed by atoms with Crippen LogP contribution in [0.15, 0.2) is 42.6 Å². The van der Waals surface area contributed by atoms with Gasteiger partial charge in [-0.3, -0.25) is 4.40 Å². The summed E-state index contributed by atoms with van der Waals surface area (Å²) in [7, 11) is 0. The lowest BCUT2D eigenvalue weighted by Crippen LogP contribution is -2.18. The minimum atomic E-state index is -0.937. The van der Waals surface area contributed by atoms with Gasteiger partial charge in [-0.15, -0.1) is 10.2 Å². The van der Waals surface area contributed by atoms with Crippen LogP contribution in [0.1, 0.15) is 49.2 Å². The van der Waals surface area contributed by atoms with Crippen LogP contribution >= 0.6 is 0 Å². The second kappa shape index (κ2) is 4.65. The van der Waals surface area contributed by atoms with Crippen molar-refractivity contribution >= 4 is 5.65 Å². The van der Waals surface area contributed by atoms with E-state index in [1.807, 2.05) is 22.7 Å². The van der Waals surface area contributed by atoms with Gasteiger partial charge in [-0.05, 0) is 45.2 Å². The van der Waals surface area contributed by atoms with Gasteiger partial charge in [0.1, 0.15) is 5.82 Å². The van der Waals surface area contributed by atoms with E-state index < -0.39 is 5.60 Å². The van der Waals surface area contributed by atoms with Crippen molar-refractivity contribution in [2.24, 2.45) is 0 Å². The van der Waals surface area contributed by atoms with Crippen molar-refractivity contribution in [1.29, 1.82) is 0 Å². The molecule has 0 bridgehead atoms. The number of fused-ring (bicyclic) bond motifs is 1. The highest BCUT2D eigenvalue weighted by Crippen LogP contribution is 2.52. The number of hydrogen-bond donors (Lipinski definition) is 1. The van der Waals surface area contributed by atoms with Crippen LogP contribution in [0.5, 0.6) is 0 Å². The smallest absolute Gasteiger partial charge is 0.166 e. The zero-order valence-electron chi connectivity index (χ0n) is 13.7. The standard InChI is InChI=1S/C19H21N3O/c1-13-6-8-14(9-7-13)19(10-11-19)17-21-20-16-15(18(2,3)23)5-4-12-22(16)17/h4-9,12,23H,10-11H2,1-3H3/i18+2. The predicted molar refractivity (Wildman–Crippen MR) is 89.4 cm³/mol. The van der Waals surface area contributed by atoms with Gasteiger partial charge in [-0.1, -0.05) is 35.9 Å². The van der Waals surface area contributed by atoms with Crippen LogP contribution in [0.2, 0.25) is 0 Å². The second-order valence-corrected chi connectivity index (χ2v) is 7.15. The maximum Gasteiger partial charge on any atom is 0.166 e. The Hall–Kier alpha value is -2.20. The van der Waals surface area contributed by atoms with E-state index in [1.54, 1.807) is 13.8 Å². The van der Waals surface area contributed by atoms with Crippen LogP contribution in [0.3, 0.4) is 0 Å². The summed E-state index contributed by atoms with van der Waals surface area (Å²) in [6, 6.07) is 12.6. The normalized spacial score (nSPS) is 16.7. The summed E-state index contributed by atoms with van der Waals surface area (Å²) in [5, 5.41) is 19.3. The Kier molecular flexibility index (Phi) is 2.91. The number of aryl methyl sites for hydroxylation is 1. The Labute approximate surface area is 135 Å². The molecule has 3 aromatic rings. The quantitative estimate of drug-likeness (QED) is 0.807. The minimum Gasteiger partial charge on any atom is -0.386 e. The van der Waals surface area contributed by atoms with Gasteiger partial charge < -0.3 is 5.11 Å². The maximum absolute atomic E-state index is 10.4. The first-order chi connectivity index (χ1) is 10.9. The molecule has 1 N–H and O–H groups in total. The molecule has 1 aliphatic carbocycles. The fourth-order valence-corrected chi connectivity index (χ4v) is 3.36. The fraction of sp³-hybridized carbons (Fsp3) is 0.368. The Morgan fingerprint density at radius 2 is 1.78 bits per heavy atom. The van der Waals surface area contributed by atoms with E-state index in [9.17, 15) is 5.11 Å². The molecule has 4 nitrogen and oxygen atoms in total. The van der Waals surface area contributed by atoms with Crippen molar-refractivity contribution in [2.45, 2.75) is 44.6 Å². The monoisotopic (exact) mass is 309 g/mol. The second-order valence-electron chi connectivity index (χ2n) is 7.15. The number of benzene rings is 1. The molecule has 0 radical (unpaired) electrons. The number of pyridine rings is 1. The molecule has 1 saturated carbocycles. The third-order valence-electron chi connectivity index (χ3n) is 4.88. The third kappa shape index (κ3) is 2.17.